The molecule has 2 heteroatoms. The molecule has 0 bridgehead atoms. The molecule has 0 spiro atoms. The van der Waals surface area contributed by atoms with Gasteiger partial charge < -0.3 is 5.11 Å². The summed E-state index contributed by atoms with van der Waals surface area (Å²) in [4.78, 5) is 0.684. The fourth-order valence-corrected chi connectivity index (χ4v) is 2.07. The maximum Gasteiger partial charge on any atom is 0.128 e. The summed E-state index contributed by atoms with van der Waals surface area (Å²) in [5.41, 5.74) is 1.28. The Balaban J connectivity index is 2.19. The minimum Gasteiger partial charge on any atom is -0.507 e. The van der Waals surface area contributed by atoms with Crippen LogP contribution in [-0.2, 0) is 6.42 Å². The smallest absolute Gasteiger partial charge is 0.128 e. The van der Waals surface area contributed by atoms with Gasteiger partial charge in [0.15, 0.2) is 0 Å². The molecule has 0 aromatic heterocycles. The molecule has 90 valence electrons. The maximum absolute atomic E-state index is 9.34. The number of aromatic hydroxyl groups is 1. The van der Waals surface area contributed by atoms with Crippen LogP contribution in [0.25, 0.3) is 0 Å². The topological polar surface area (TPSA) is 20.2 Å². The zero-order valence-electron chi connectivity index (χ0n) is 10.1. The SMILES string of the molecule is CCCCCCCCc1ccc(O)c(S)c1. The monoisotopic (exact) mass is 238 g/mol. The van der Waals surface area contributed by atoms with Crippen LogP contribution >= 0.6 is 12.6 Å². The van der Waals surface area contributed by atoms with Crippen LogP contribution in [0, 0.1) is 0 Å². The van der Waals surface area contributed by atoms with Gasteiger partial charge in [-0.3, -0.25) is 0 Å². The van der Waals surface area contributed by atoms with Crippen LogP contribution in [0.15, 0.2) is 23.1 Å². The number of phenolic OH excluding ortho intramolecular Hbond substituents is 1. The second kappa shape index (κ2) is 7.61. The summed E-state index contributed by atoms with van der Waals surface area (Å²) in [7, 11) is 0. The van der Waals surface area contributed by atoms with Crippen molar-refractivity contribution in [3.05, 3.63) is 23.8 Å². The Labute approximate surface area is 104 Å². The van der Waals surface area contributed by atoms with Crippen molar-refractivity contribution in [3.63, 3.8) is 0 Å². The summed E-state index contributed by atoms with van der Waals surface area (Å²) in [6.45, 7) is 2.24. The highest BCUT2D eigenvalue weighted by atomic mass is 32.1. The first-order valence-electron chi connectivity index (χ1n) is 6.25. The highest BCUT2D eigenvalue weighted by Crippen LogP contribution is 2.22. The Bertz CT molecular complexity index is 310. The van der Waals surface area contributed by atoms with Crippen molar-refractivity contribution in [2.75, 3.05) is 0 Å². The zero-order valence-corrected chi connectivity index (χ0v) is 11.0. The van der Waals surface area contributed by atoms with Gasteiger partial charge in [0.25, 0.3) is 0 Å². The standard InChI is InChI=1S/C14H22OS/c1-2-3-4-5-6-7-8-12-9-10-13(15)14(16)11-12/h9-11,15-16H,2-8H2,1H3. The molecule has 16 heavy (non-hydrogen) atoms. The van der Waals surface area contributed by atoms with Gasteiger partial charge in [-0.2, -0.15) is 0 Å². The Morgan fingerprint density at radius 2 is 1.75 bits per heavy atom. The van der Waals surface area contributed by atoms with Crippen LogP contribution in [0.1, 0.15) is 51.0 Å². The zero-order chi connectivity index (χ0) is 11.8. The van der Waals surface area contributed by atoms with E-state index in [9.17, 15) is 5.11 Å². The van der Waals surface area contributed by atoms with E-state index >= 15 is 0 Å². The Morgan fingerprint density at radius 3 is 2.44 bits per heavy atom. The van der Waals surface area contributed by atoms with E-state index in [2.05, 4.69) is 19.6 Å². The van der Waals surface area contributed by atoms with Crippen molar-refractivity contribution in [3.8, 4) is 5.75 Å². The third kappa shape index (κ3) is 4.93. The van der Waals surface area contributed by atoms with Gasteiger partial charge >= 0.3 is 0 Å². The second-order valence-electron chi connectivity index (χ2n) is 4.34. The average Bonchev–Trinajstić information content (AvgIpc) is 2.28. The predicted octanol–water partition coefficient (Wildman–Crippen LogP) is 4.58. The van der Waals surface area contributed by atoms with Gasteiger partial charge in [-0.25, -0.2) is 0 Å². The van der Waals surface area contributed by atoms with E-state index in [0.717, 1.165) is 6.42 Å². The summed E-state index contributed by atoms with van der Waals surface area (Å²) in [6, 6.07) is 5.68. The molecule has 1 N–H and O–H groups in total. The molecule has 0 amide bonds. The molecule has 0 aliphatic rings. The molecule has 0 atom stereocenters. The van der Waals surface area contributed by atoms with Gasteiger partial charge in [-0.05, 0) is 30.5 Å². The maximum atomic E-state index is 9.34. The van der Waals surface area contributed by atoms with E-state index < -0.39 is 0 Å². The largest absolute Gasteiger partial charge is 0.507 e. The summed E-state index contributed by atoms with van der Waals surface area (Å²) in [6.07, 6.45) is 9.02. The Kier molecular flexibility index (Phi) is 6.39. The fraction of sp³-hybridized carbons (Fsp3) is 0.571. The van der Waals surface area contributed by atoms with Gasteiger partial charge in [0.1, 0.15) is 5.75 Å². The van der Waals surface area contributed by atoms with Gasteiger partial charge in [0.05, 0.1) is 0 Å². The highest BCUT2D eigenvalue weighted by molar-refractivity contribution is 7.80. The predicted molar refractivity (Wildman–Crippen MR) is 72.4 cm³/mol. The van der Waals surface area contributed by atoms with E-state index in [-0.39, 0.29) is 5.75 Å². The van der Waals surface area contributed by atoms with Crippen LogP contribution in [0.3, 0.4) is 0 Å². The van der Waals surface area contributed by atoms with E-state index in [1.807, 2.05) is 12.1 Å². The lowest BCUT2D eigenvalue weighted by Gasteiger charge is -2.04. The summed E-state index contributed by atoms with van der Waals surface area (Å²) >= 11 is 4.21. The minimum absolute atomic E-state index is 0.273. The molecule has 1 rings (SSSR count). The number of thiol groups is 1. The summed E-state index contributed by atoms with van der Waals surface area (Å²) < 4.78 is 0. The third-order valence-corrected chi connectivity index (χ3v) is 3.22. The minimum atomic E-state index is 0.273. The molecule has 1 nitrogen and oxygen atoms in total. The van der Waals surface area contributed by atoms with Crippen molar-refractivity contribution >= 4 is 12.6 Å². The Hall–Kier alpha value is -0.630. The number of rotatable bonds is 7. The van der Waals surface area contributed by atoms with E-state index in [4.69, 9.17) is 0 Å². The van der Waals surface area contributed by atoms with Crippen molar-refractivity contribution in [2.45, 2.75) is 56.8 Å². The van der Waals surface area contributed by atoms with Crippen molar-refractivity contribution in [1.82, 2.24) is 0 Å². The van der Waals surface area contributed by atoms with Gasteiger partial charge in [0, 0.05) is 4.90 Å². The number of phenols is 1. The van der Waals surface area contributed by atoms with Crippen molar-refractivity contribution in [2.24, 2.45) is 0 Å². The molecular formula is C14H22OS. The molecule has 0 aliphatic carbocycles. The first-order valence-corrected chi connectivity index (χ1v) is 6.69. The van der Waals surface area contributed by atoms with Crippen LogP contribution in [0.5, 0.6) is 5.75 Å². The first kappa shape index (κ1) is 13.4. The van der Waals surface area contributed by atoms with Crippen LogP contribution in [-0.4, -0.2) is 5.11 Å². The van der Waals surface area contributed by atoms with Crippen molar-refractivity contribution in [1.29, 1.82) is 0 Å². The number of hydrogen-bond acceptors (Lipinski definition) is 2. The summed E-state index contributed by atoms with van der Waals surface area (Å²) in [5, 5.41) is 9.34. The van der Waals surface area contributed by atoms with Gasteiger partial charge in [0.2, 0.25) is 0 Å². The van der Waals surface area contributed by atoms with Crippen LogP contribution < -0.4 is 0 Å². The Morgan fingerprint density at radius 1 is 1.06 bits per heavy atom. The first-order chi connectivity index (χ1) is 7.74. The fourth-order valence-electron chi connectivity index (χ4n) is 1.83. The van der Waals surface area contributed by atoms with Gasteiger partial charge in [-0.1, -0.05) is 45.1 Å². The molecular weight excluding hydrogens is 216 g/mol. The molecule has 0 fully saturated rings. The normalized spacial score (nSPS) is 10.6. The quantitative estimate of drug-likeness (QED) is 0.526. The lowest BCUT2D eigenvalue weighted by atomic mass is 10.0. The second-order valence-corrected chi connectivity index (χ2v) is 4.82. The molecule has 0 radical (unpaired) electrons. The number of benzene rings is 1. The number of hydrogen-bond donors (Lipinski definition) is 2. The number of aryl methyl sites for hydroxylation is 1. The van der Waals surface area contributed by atoms with E-state index in [0.29, 0.717) is 4.90 Å². The highest BCUT2D eigenvalue weighted by Gasteiger charge is 1.99. The average molecular weight is 238 g/mol. The molecule has 1 aromatic rings. The van der Waals surface area contributed by atoms with Crippen LogP contribution in [0.2, 0.25) is 0 Å². The molecule has 0 aliphatic heterocycles. The van der Waals surface area contributed by atoms with E-state index in [1.165, 1.54) is 44.1 Å². The molecule has 0 saturated carbocycles. The van der Waals surface area contributed by atoms with E-state index in [1.54, 1.807) is 6.07 Å². The lowest BCUT2D eigenvalue weighted by Crippen LogP contribution is -1.86. The third-order valence-electron chi connectivity index (χ3n) is 2.86. The lowest BCUT2D eigenvalue weighted by molar-refractivity contribution is 0.462. The van der Waals surface area contributed by atoms with Crippen molar-refractivity contribution < 1.29 is 5.11 Å². The summed E-state index contributed by atoms with van der Waals surface area (Å²) in [5.74, 6) is 0.273. The molecule has 0 saturated heterocycles. The van der Waals surface area contributed by atoms with Gasteiger partial charge in [-0.15, -0.1) is 12.6 Å². The molecule has 0 heterocycles. The molecule has 0 unspecified atom stereocenters. The van der Waals surface area contributed by atoms with Crippen LogP contribution in [0.4, 0.5) is 0 Å². The molecule has 1 aromatic carbocycles. The number of unbranched alkanes of at least 4 members (excludes halogenated alkanes) is 5.